The lowest BCUT2D eigenvalue weighted by atomic mass is 10.1. The Morgan fingerprint density at radius 2 is 1.89 bits per heavy atom. The molecule has 0 unspecified atom stereocenters. The number of ether oxygens (including phenoxy) is 2. The van der Waals surface area contributed by atoms with Crippen LogP contribution in [-0.2, 0) is 14.3 Å². The van der Waals surface area contributed by atoms with Gasteiger partial charge in [0, 0.05) is 6.08 Å². The minimum Gasteiger partial charge on any atom is -0.482 e. The smallest absolute Gasteiger partial charge is 0.344 e. The number of allylic oxidation sites excluding steroid dienone is 1. The molecule has 0 aliphatic carbocycles. The summed E-state index contributed by atoms with van der Waals surface area (Å²) in [5, 5.41) is 0. The molecule has 102 valence electrons. The summed E-state index contributed by atoms with van der Waals surface area (Å²) >= 11 is 0. The summed E-state index contributed by atoms with van der Waals surface area (Å²) in [4.78, 5) is 21.9. The maximum Gasteiger partial charge on any atom is 0.344 e. The van der Waals surface area contributed by atoms with Crippen molar-refractivity contribution in [1.29, 1.82) is 0 Å². The third kappa shape index (κ3) is 5.25. The lowest BCUT2D eigenvalue weighted by molar-refractivity contribution is -0.145. The molecule has 0 aromatic heterocycles. The van der Waals surface area contributed by atoms with Gasteiger partial charge in [-0.05, 0) is 37.1 Å². The Labute approximate surface area is 112 Å². The van der Waals surface area contributed by atoms with Crippen molar-refractivity contribution in [1.82, 2.24) is 0 Å². The topological polar surface area (TPSA) is 78.6 Å². The van der Waals surface area contributed by atoms with Crippen LogP contribution in [-0.4, -0.2) is 25.1 Å². The van der Waals surface area contributed by atoms with Gasteiger partial charge in [0.25, 0.3) is 0 Å². The highest BCUT2D eigenvalue weighted by Crippen LogP contribution is 2.18. The molecule has 0 aliphatic rings. The first-order chi connectivity index (χ1) is 9.02. The van der Waals surface area contributed by atoms with Crippen molar-refractivity contribution in [3.63, 3.8) is 0 Å². The standard InChI is InChI=1S/C14H17NO4/c1-3-18-14(17)9-19-12-6-4-11(5-7-12)10(2)8-13(15)16/h4-8H,3,9H2,1-2H3,(H2,15,16)/b10-8+. The van der Waals surface area contributed by atoms with Gasteiger partial charge in [0.1, 0.15) is 5.75 Å². The van der Waals surface area contributed by atoms with Gasteiger partial charge in [-0.2, -0.15) is 0 Å². The van der Waals surface area contributed by atoms with Gasteiger partial charge in [0.05, 0.1) is 6.61 Å². The number of nitrogens with two attached hydrogens (primary N) is 1. The predicted molar refractivity (Wildman–Crippen MR) is 71.4 cm³/mol. The van der Waals surface area contributed by atoms with Gasteiger partial charge in [-0.3, -0.25) is 4.79 Å². The van der Waals surface area contributed by atoms with E-state index in [2.05, 4.69) is 0 Å². The van der Waals surface area contributed by atoms with Crippen molar-refractivity contribution < 1.29 is 19.1 Å². The zero-order chi connectivity index (χ0) is 14.3. The molecule has 2 N–H and O–H groups in total. The van der Waals surface area contributed by atoms with Crippen LogP contribution in [0.3, 0.4) is 0 Å². The van der Waals surface area contributed by atoms with E-state index in [0.29, 0.717) is 12.4 Å². The van der Waals surface area contributed by atoms with E-state index >= 15 is 0 Å². The van der Waals surface area contributed by atoms with Crippen LogP contribution in [0.1, 0.15) is 19.4 Å². The van der Waals surface area contributed by atoms with Gasteiger partial charge in [-0.25, -0.2) is 4.79 Å². The van der Waals surface area contributed by atoms with Gasteiger partial charge in [-0.1, -0.05) is 12.1 Å². The Bertz CT molecular complexity index is 477. The maximum atomic E-state index is 11.1. The van der Waals surface area contributed by atoms with Crippen molar-refractivity contribution >= 4 is 17.4 Å². The Morgan fingerprint density at radius 3 is 2.42 bits per heavy atom. The number of rotatable bonds is 6. The molecule has 0 atom stereocenters. The van der Waals surface area contributed by atoms with Gasteiger partial charge in [0.2, 0.25) is 5.91 Å². The third-order valence-electron chi connectivity index (χ3n) is 2.33. The van der Waals surface area contributed by atoms with Crippen molar-refractivity contribution in [3.8, 4) is 5.75 Å². The number of amides is 1. The predicted octanol–water partition coefficient (Wildman–Crippen LogP) is 1.52. The maximum absolute atomic E-state index is 11.1. The van der Waals surface area contributed by atoms with E-state index in [9.17, 15) is 9.59 Å². The van der Waals surface area contributed by atoms with Crippen LogP contribution >= 0.6 is 0 Å². The normalized spacial score (nSPS) is 10.9. The number of hydrogen-bond donors (Lipinski definition) is 1. The highest BCUT2D eigenvalue weighted by atomic mass is 16.6. The highest BCUT2D eigenvalue weighted by molar-refractivity contribution is 5.93. The van der Waals surface area contributed by atoms with Crippen LogP contribution in [0, 0.1) is 0 Å². The summed E-state index contributed by atoms with van der Waals surface area (Å²) in [6, 6.07) is 7.00. The van der Waals surface area contributed by atoms with E-state index in [1.165, 1.54) is 6.08 Å². The zero-order valence-corrected chi connectivity index (χ0v) is 11.0. The fourth-order valence-corrected chi connectivity index (χ4v) is 1.46. The molecule has 1 aromatic carbocycles. The van der Waals surface area contributed by atoms with Crippen molar-refractivity contribution in [2.24, 2.45) is 5.73 Å². The van der Waals surface area contributed by atoms with E-state index in [1.54, 1.807) is 38.1 Å². The highest BCUT2D eigenvalue weighted by Gasteiger charge is 2.03. The zero-order valence-electron chi connectivity index (χ0n) is 11.0. The molecule has 0 radical (unpaired) electrons. The summed E-state index contributed by atoms with van der Waals surface area (Å²) in [5.41, 5.74) is 6.71. The van der Waals surface area contributed by atoms with Crippen LogP contribution in [0.15, 0.2) is 30.3 Å². The largest absolute Gasteiger partial charge is 0.482 e. The minimum atomic E-state index is -0.486. The monoisotopic (exact) mass is 263 g/mol. The molecule has 5 heteroatoms. The first-order valence-electron chi connectivity index (χ1n) is 5.89. The molecule has 0 saturated heterocycles. The van der Waals surface area contributed by atoms with E-state index < -0.39 is 11.9 Å². The fraction of sp³-hybridized carbons (Fsp3) is 0.286. The number of hydrogen-bond acceptors (Lipinski definition) is 4. The van der Waals surface area contributed by atoms with E-state index in [-0.39, 0.29) is 6.61 Å². The van der Waals surface area contributed by atoms with Gasteiger partial charge in [-0.15, -0.1) is 0 Å². The first-order valence-corrected chi connectivity index (χ1v) is 5.89. The second-order valence-corrected chi connectivity index (χ2v) is 3.85. The number of carbonyl (C=O) groups is 2. The lowest BCUT2D eigenvalue weighted by Crippen LogP contribution is -2.14. The summed E-state index contributed by atoms with van der Waals surface area (Å²) in [6.45, 7) is 3.74. The molecule has 0 saturated carbocycles. The van der Waals surface area contributed by atoms with Crippen LogP contribution in [0.2, 0.25) is 0 Å². The number of primary amides is 1. The molecule has 0 heterocycles. The number of benzene rings is 1. The summed E-state index contributed by atoms with van der Waals surface area (Å²) in [7, 11) is 0. The molecule has 1 aromatic rings. The van der Waals surface area contributed by atoms with Crippen LogP contribution in [0.25, 0.3) is 5.57 Å². The van der Waals surface area contributed by atoms with Crippen molar-refractivity contribution in [2.75, 3.05) is 13.2 Å². The fourth-order valence-electron chi connectivity index (χ4n) is 1.46. The quantitative estimate of drug-likeness (QED) is 0.623. The average Bonchev–Trinajstić information content (AvgIpc) is 2.36. The molecular formula is C14H17NO4. The first kappa shape index (κ1) is 14.8. The molecule has 1 rings (SSSR count). The molecule has 5 nitrogen and oxygen atoms in total. The number of esters is 1. The molecule has 0 spiro atoms. The van der Waals surface area contributed by atoms with Crippen LogP contribution in [0.5, 0.6) is 5.75 Å². The Balaban J connectivity index is 2.62. The third-order valence-corrected chi connectivity index (χ3v) is 2.33. The average molecular weight is 263 g/mol. The summed E-state index contributed by atoms with van der Waals surface area (Å²) in [5.74, 6) is -0.333. The van der Waals surface area contributed by atoms with E-state index in [4.69, 9.17) is 15.2 Å². The molecule has 19 heavy (non-hydrogen) atoms. The lowest BCUT2D eigenvalue weighted by Gasteiger charge is -2.07. The molecule has 0 fully saturated rings. The molecular weight excluding hydrogens is 246 g/mol. The Morgan fingerprint density at radius 1 is 1.26 bits per heavy atom. The second-order valence-electron chi connectivity index (χ2n) is 3.85. The Kier molecular flexibility index (Phi) is 5.60. The van der Waals surface area contributed by atoms with Gasteiger partial charge in [0.15, 0.2) is 6.61 Å². The second kappa shape index (κ2) is 7.20. The molecule has 0 aliphatic heterocycles. The molecule has 0 bridgehead atoms. The SMILES string of the molecule is CCOC(=O)COc1ccc(/C(C)=C/C(N)=O)cc1. The van der Waals surface area contributed by atoms with Gasteiger partial charge >= 0.3 is 5.97 Å². The van der Waals surface area contributed by atoms with Gasteiger partial charge < -0.3 is 15.2 Å². The summed E-state index contributed by atoms with van der Waals surface area (Å²) < 4.78 is 10.00. The van der Waals surface area contributed by atoms with Crippen LogP contribution < -0.4 is 10.5 Å². The Hall–Kier alpha value is -2.30. The van der Waals surface area contributed by atoms with E-state index in [0.717, 1.165) is 11.1 Å². The summed E-state index contributed by atoms with van der Waals surface area (Å²) in [6.07, 6.45) is 1.36. The van der Waals surface area contributed by atoms with Crippen molar-refractivity contribution in [3.05, 3.63) is 35.9 Å². The van der Waals surface area contributed by atoms with E-state index in [1.807, 2.05) is 0 Å². The van der Waals surface area contributed by atoms with Crippen molar-refractivity contribution in [2.45, 2.75) is 13.8 Å². The van der Waals surface area contributed by atoms with Crippen LogP contribution in [0.4, 0.5) is 0 Å². The molecule has 1 amide bonds. The number of carbonyl (C=O) groups excluding carboxylic acids is 2. The minimum absolute atomic E-state index is 0.122.